The minimum Gasteiger partial charge on any atom is -0.497 e. The highest BCUT2D eigenvalue weighted by Crippen LogP contribution is 2.33. The van der Waals surface area contributed by atoms with Gasteiger partial charge in [0.1, 0.15) is 17.1 Å². The predicted molar refractivity (Wildman–Crippen MR) is 93.1 cm³/mol. The van der Waals surface area contributed by atoms with E-state index in [1.54, 1.807) is 29.7 Å². The van der Waals surface area contributed by atoms with Gasteiger partial charge in [-0.1, -0.05) is 24.3 Å². The average Bonchev–Trinajstić information content (AvgIpc) is 2.64. The van der Waals surface area contributed by atoms with E-state index < -0.39 is 17.6 Å². The molecule has 0 bridgehead atoms. The molecular weight excluding hydrogens is 339 g/mol. The van der Waals surface area contributed by atoms with Crippen LogP contribution in [0.3, 0.4) is 0 Å². The highest BCUT2D eigenvalue weighted by molar-refractivity contribution is 5.86. The average molecular weight is 360 g/mol. The number of hydrogen-bond acceptors (Lipinski definition) is 5. The highest BCUT2D eigenvalue weighted by atomic mass is 19.1. The summed E-state index contributed by atoms with van der Waals surface area (Å²) < 4.78 is 19.2. The van der Waals surface area contributed by atoms with E-state index in [2.05, 4.69) is 5.32 Å². The third-order valence-corrected chi connectivity index (χ3v) is 4.78. The molecule has 0 saturated heterocycles. The fourth-order valence-corrected chi connectivity index (χ4v) is 3.19. The van der Waals surface area contributed by atoms with Crippen molar-refractivity contribution in [1.82, 2.24) is 10.8 Å². The minimum absolute atomic E-state index is 0.245. The molecule has 0 atom stereocenters. The third-order valence-electron chi connectivity index (χ3n) is 4.78. The molecule has 1 fully saturated rings. The number of carbonyl (C=O) groups excluding carboxylic acids is 1. The van der Waals surface area contributed by atoms with E-state index in [0.717, 1.165) is 11.1 Å². The largest absolute Gasteiger partial charge is 0.497 e. The van der Waals surface area contributed by atoms with Crippen LogP contribution in [0.4, 0.5) is 4.39 Å². The molecule has 3 rings (SSSR count). The van der Waals surface area contributed by atoms with Gasteiger partial charge < -0.3 is 9.84 Å². The third kappa shape index (κ3) is 3.55. The maximum atomic E-state index is 14.2. The lowest BCUT2D eigenvalue weighted by atomic mass is 9.73. The Bertz CT molecular complexity index is 789. The van der Waals surface area contributed by atoms with E-state index in [0.29, 0.717) is 17.9 Å². The Balaban J connectivity index is 1.69. The van der Waals surface area contributed by atoms with Gasteiger partial charge in [0.25, 0.3) is 5.91 Å². The van der Waals surface area contributed by atoms with Gasteiger partial charge in [-0.25, -0.2) is 9.87 Å². The molecule has 0 radical (unpaired) electrons. The number of ether oxygens (including phenoxy) is 1. The first-order valence-corrected chi connectivity index (χ1v) is 8.28. The van der Waals surface area contributed by atoms with Gasteiger partial charge in [0.05, 0.1) is 13.2 Å². The number of carbonyl (C=O) groups is 1. The molecule has 1 aliphatic rings. The van der Waals surface area contributed by atoms with Gasteiger partial charge in [-0.3, -0.25) is 15.3 Å². The highest BCUT2D eigenvalue weighted by Gasteiger charge is 2.49. The van der Waals surface area contributed by atoms with Crippen molar-refractivity contribution >= 4 is 5.91 Å². The molecule has 0 spiro atoms. The second kappa shape index (κ2) is 7.41. The zero-order valence-electron chi connectivity index (χ0n) is 14.3. The Morgan fingerprint density at radius 3 is 2.50 bits per heavy atom. The molecule has 138 valence electrons. The second-order valence-electron chi connectivity index (χ2n) is 6.48. The van der Waals surface area contributed by atoms with Crippen molar-refractivity contribution in [2.45, 2.75) is 31.0 Å². The standard InChI is InChI=1S/C19H21FN2O4/c1-26-15-6-7-16(17(20)8-15)13-4-2-12(3-5-13)11-21-19(18(24)22-25)9-14(23)10-19/h2-8,14,21,23,25H,9-11H2,1H3,(H,22,24). The van der Waals surface area contributed by atoms with Crippen molar-refractivity contribution in [2.24, 2.45) is 0 Å². The van der Waals surface area contributed by atoms with E-state index in [9.17, 15) is 14.3 Å². The van der Waals surface area contributed by atoms with Gasteiger partial charge in [-0.15, -0.1) is 0 Å². The lowest BCUT2D eigenvalue weighted by Crippen LogP contribution is -2.65. The molecule has 0 unspecified atom stereocenters. The number of rotatable bonds is 6. The molecule has 7 heteroatoms. The van der Waals surface area contributed by atoms with Gasteiger partial charge in [-0.2, -0.15) is 0 Å². The summed E-state index contributed by atoms with van der Waals surface area (Å²) in [6, 6.07) is 12.0. The molecule has 1 aliphatic carbocycles. The summed E-state index contributed by atoms with van der Waals surface area (Å²) >= 11 is 0. The van der Waals surface area contributed by atoms with Crippen LogP contribution in [0.1, 0.15) is 18.4 Å². The summed E-state index contributed by atoms with van der Waals surface area (Å²) in [6.45, 7) is 0.380. The minimum atomic E-state index is -0.963. The number of aliphatic hydroxyl groups is 1. The molecule has 2 aromatic rings. The van der Waals surface area contributed by atoms with E-state index in [1.807, 2.05) is 12.1 Å². The maximum Gasteiger partial charge on any atom is 0.263 e. The van der Waals surface area contributed by atoms with E-state index in [4.69, 9.17) is 9.94 Å². The molecule has 0 heterocycles. The zero-order valence-corrected chi connectivity index (χ0v) is 14.3. The Kier molecular flexibility index (Phi) is 5.22. The number of nitrogens with one attached hydrogen (secondary N) is 2. The topological polar surface area (TPSA) is 90.8 Å². The molecule has 1 saturated carbocycles. The van der Waals surface area contributed by atoms with Crippen LogP contribution in [0.2, 0.25) is 0 Å². The summed E-state index contributed by atoms with van der Waals surface area (Å²) in [5, 5.41) is 21.5. The monoisotopic (exact) mass is 360 g/mol. The van der Waals surface area contributed by atoms with Gasteiger partial charge >= 0.3 is 0 Å². The number of aliphatic hydroxyl groups excluding tert-OH is 1. The number of benzene rings is 2. The van der Waals surface area contributed by atoms with Crippen LogP contribution in [0, 0.1) is 5.82 Å². The first kappa shape index (κ1) is 18.3. The predicted octanol–water partition coefficient (Wildman–Crippen LogP) is 1.99. The number of methoxy groups -OCH3 is 1. The summed E-state index contributed by atoms with van der Waals surface area (Å²) in [5.74, 6) is -0.459. The van der Waals surface area contributed by atoms with Crippen molar-refractivity contribution in [3.8, 4) is 16.9 Å². The molecule has 1 amide bonds. The Morgan fingerprint density at radius 1 is 1.27 bits per heavy atom. The quantitative estimate of drug-likeness (QED) is 0.467. The van der Waals surface area contributed by atoms with Crippen molar-refractivity contribution in [3.63, 3.8) is 0 Å². The first-order valence-electron chi connectivity index (χ1n) is 8.28. The van der Waals surface area contributed by atoms with Crippen LogP contribution in [0.5, 0.6) is 5.75 Å². The van der Waals surface area contributed by atoms with E-state index >= 15 is 0 Å². The summed E-state index contributed by atoms with van der Waals surface area (Å²) in [6.07, 6.45) is -0.0662. The van der Waals surface area contributed by atoms with Crippen LogP contribution >= 0.6 is 0 Å². The lowest BCUT2D eigenvalue weighted by Gasteiger charge is -2.43. The molecule has 0 aliphatic heterocycles. The van der Waals surface area contributed by atoms with E-state index in [1.165, 1.54) is 13.2 Å². The smallest absolute Gasteiger partial charge is 0.263 e. The van der Waals surface area contributed by atoms with Gasteiger partial charge in [0, 0.05) is 31.0 Å². The fraction of sp³-hybridized carbons (Fsp3) is 0.316. The first-order chi connectivity index (χ1) is 12.5. The van der Waals surface area contributed by atoms with E-state index in [-0.39, 0.29) is 18.7 Å². The van der Waals surface area contributed by atoms with Crippen LogP contribution < -0.4 is 15.5 Å². The molecule has 4 N–H and O–H groups in total. The normalized spacial score (nSPS) is 21.8. The van der Waals surface area contributed by atoms with Crippen LogP contribution in [-0.2, 0) is 11.3 Å². The SMILES string of the molecule is COc1ccc(-c2ccc(CNC3(C(=O)NO)CC(O)C3)cc2)c(F)c1. The van der Waals surface area contributed by atoms with Crippen LogP contribution in [0.15, 0.2) is 42.5 Å². The Hall–Kier alpha value is -2.48. The number of hydrogen-bond donors (Lipinski definition) is 4. The van der Waals surface area contributed by atoms with Crippen molar-refractivity contribution in [3.05, 3.63) is 53.8 Å². The maximum absolute atomic E-state index is 14.2. The van der Waals surface area contributed by atoms with Crippen LogP contribution in [0.25, 0.3) is 11.1 Å². The zero-order chi connectivity index (χ0) is 18.7. The Morgan fingerprint density at radius 2 is 1.96 bits per heavy atom. The van der Waals surface area contributed by atoms with Crippen molar-refractivity contribution in [2.75, 3.05) is 7.11 Å². The lowest BCUT2D eigenvalue weighted by molar-refractivity contribution is -0.145. The molecule has 0 aromatic heterocycles. The summed E-state index contributed by atoms with van der Waals surface area (Å²) in [7, 11) is 1.49. The van der Waals surface area contributed by atoms with Crippen molar-refractivity contribution in [1.29, 1.82) is 0 Å². The molecule has 6 nitrogen and oxygen atoms in total. The molecule has 26 heavy (non-hydrogen) atoms. The fourth-order valence-electron chi connectivity index (χ4n) is 3.19. The van der Waals surface area contributed by atoms with Gasteiger partial charge in [0.2, 0.25) is 0 Å². The van der Waals surface area contributed by atoms with Gasteiger partial charge in [-0.05, 0) is 23.3 Å². The second-order valence-corrected chi connectivity index (χ2v) is 6.48. The molecular formula is C19H21FN2O4. The van der Waals surface area contributed by atoms with Gasteiger partial charge in [0.15, 0.2) is 0 Å². The number of halogens is 1. The Labute approximate surface area is 150 Å². The van der Waals surface area contributed by atoms with Crippen molar-refractivity contribution < 1.29 is 24.2 Å². The molecule has 2 aromatic carbocycles. The summed E-state index contributed by atoms with van der Waals surface area (Å²) in [5.41, 5.74) is 2.79. The number of hydroxylamine groups is 1. The van der Waals surface area contributed by atoms with Crippen LogP contribution in [-0.4, -0.2) is 35.0 Å². The summed E-state index contributed by atoms with van der Waals surface area (Å²) in [4.78, 5) is 11.8. The number of amides is 1.